The Bertz CT molecular complexity index is 489. The fraction of sp³-hybridized carbons (Fsp3) is 0.462. The van der Waals surface area contributed by atoms with Crippen molar-refractivity contribution >= 4 is 5.65 Å². The molecule has 17 heavy (non-hydrogen) atoms. The standard InChI is InChI=1S/C13H20N4/c1-11-5-3-8-17-10-12(15-13(11)17)9-16(2)7-4-6-14/h3,5,8,10H,4,6-7,9,14H2,1-2H3. The first kappa shape index (κ1) is 12.1. The predicted molar refractivity (Wildman–Crippen MR) is 69.9 cm³/mol. The van der Waals surface area contributed by atoms with E-state index in [1.165, 1.54) is 5.56 Å². The van der Waals surface area contributed by atoms with E-state index in [0.29, 0.717) is 0 Å². The highest BCUT2D eigenvalue weighted by molar-refractivity contribution is 5.47. The van der Waals surface area contributed by atoms with Crippen molar-refractivity contribution in [2.45, 2.75) is 19.9 Å². The van der Waals surface area contributed by atoms with E-state index in [4.69, 9.17) is 5.73 Å². The number of aryl methyl sites for hydroxylation is 1. The summed E-state index contributed by atoms with van der Waals surface area (Å²) >= 11 is 0. The molecular formula is C13H20N4. The zero-order valence-electron chi connectivity index (χ0n) is 10.6. The summed E-state index contributed by atoms with van der Waals surface area (Å²) in [7, 11) is 2.10. The lowest BCUT2D eigenvalue weighted by molar-refractivity contribution is 0.321. The van der Waals surface area contributed by atoms with Crippen molar-refractivity contribution < 1.29 is 0 Å². The van der Waals surface area contributed by atoms with Crippen LogP contribution < -0.4 is 5.73 Å². The first-order valence-corrected chi connectivity index (χ1v) is 6.02. The van der Waals surface area contributed by atoms with Crippen LogP contribution in [0.25, 0.3) is 5.65 Å². The maximum absolute atomic E-state index is 5.50. The molecule has 0 aliphatic rings. The summed E-state index contributed by atoms with van der Waals surface area (Å²) in [4.78, 5) is 6.90. The largest absolute Gasteiger partial charge is 0.330 e. The molecule has 0 saturated heterocycles. The lowest BCUT2D eigenvalue weighted by Crippen LogP contribution is -2.21. The van der Waals surface area contributed by atoms with Crippen molar-refractivity contribution in [2.75, 3.05) is 20.1 Å². The van der Waals surface area contributed by atoms with E-state index in [1.54, 1.807) is 0 Å². The van der Waals surface area contributed by atoms with Gasteiger partial charge in [-0.05, 0) is 45.1 Å². The molecule has 0 unspecified atom stereocenters. The molecule has 2 aromatic heterocycles. The lowest BCUT2D eigenvalue weighted by atomic mass is 10.3. The van der Waals surface area contributed by atoms with Crippen molar-refractivity contribution in [3.05, 3.63) is 35.8 Å². The first-order chi connectivity index (χ1) is 8.20. The molecule has 0 aliphatic heterocycles. The Hall–Kier alpha value is -1.39. The van der Waals surface area contributed by atoms with Gasteiger partial charge in [0.2, 0.25) is 0 Å². The summed E-state index contributed by atoms with van der Waals surface area (Å²) in [5.41, 5.74) is 8.88. The molecule has 0 bridgehead atoms. The number of hydrogen-bond donors (Lipinski definition) is 1. The van der Waals surface area contributed by atoms with Gasteiger partial charge in [0.25, 0.3) is 0 Å². The second kappa shape index (κ2) is 5.29. The number of fused-ring (bicyclic) bond motifs is 1. The Labute approximate surface area is 102 Å². The molecule has 0 saturated carbocycles. The van der Waals surface area contributed by atoms with E-state index in [0.717, 1.165) is 37.4 Å². The van der Waals surface area contributed by atoms with Crippen LogP contribution in [0, 0.1) is 6.92 Å². The highest BCUT2D eigenvalue weighted by Gasteiger charge is 2.06. The molecule has 0 fully saturated rings. The quantitative estimate of drug-likeness (QED) is 0.848. The van der Waals surface area contributed by atoms with Crippen LogP contribution in [0.15, 0.2) is 24.5 Å². The third-order valence-electron chi connectivity index (χ3n) is 2.90. The van der Waals surface area contributed by atoms with Crippen LogP contribution in [0.3, 0.4) is 0 Å². The van der Waals surface area contributed by atoms with E-state index in [1.807, 2.05) is 12.3 Å². The summed E-state index contributed by atoms with van der Waals surface area (Å²) in [5, 5.41) is 0. The maximum atomic E-state index is 5.50. The van der Waals surface area contributed by atoms with E-state index in [-0.39, 0.29) is 0 Å². The molecule has 2 heterocycles. The molecular weight excluding hydrogens is 212 g/mol. The monoisotopic (exact) mass is 232 g/mol. The van der Waals surface area contributed by atoms with Crippen LogP contribution in [-0.2, 0) is 6.54 Å². The Morgan fingerprint density at radius 3 is 3.00 bits per heavy atom. The molecule has 0 atom stereocenters. The predicted octanol–water partition coefficient (Wildman–Crippen LogP) is 1.42. The van der Waals surface area contributed by atoms with E-state index < -0.39 is 0 Å². The van der Waals surface area contributed by atoms with E-state index in [9.17, 15) is 0 Å². The Balaban J connectivity index is 2.11. The molecule has 92 valence electrons. The summed E-state index contributed by atoms with van der Waals surface area (Å²) < 4.78 is 2.08. The van der Waals surface area contributed by atoms with Gasteiger partial charge in [0.1, 0.15) is 5.65 Å². The zero-order chi connectivity index (χ0) is 12.3. The first-order valence-electron chi connectivity index (χ1n) is 6.02. The number of rotatable bonds is 5. The van der Waals surface area contributed by atoms with Gasteiger partial charge in [-0.3, -0.25) is 0 Å². The van der Waals surface area contributed by atoms with Gasteiger partial charge in [0.15, 0.2) is 0 Å². The molecule has 0 spiro atoms. The minimum Gasteiger partial charge on any atom is -0.330 e. The summed E-state index contributed by atoms with van der Waals surface area (Å²) in [6, 6.07) is 4.14. The van der Waals surface area contributed by atoms with Crippen LogP contribution in [0.5, 0.6) is 0 Å². The Kier molecular flexibility index (Phi) is 3.76. The highest BCUT2D eigenvalue weighted by Crippen LogP contribution is 2.11. The average molecular weight is 232 g/mol. The third-order valence-corrected chi connectivity index (χ3v) is 2.90. The van der Waals surface area contributed by atoms with Crippen LogP contribution >= 0.6 is 0 Å². The van der Waals surface area contributed by atoms with Crippen LogP contribution in [0.2, 0.25) is 0 Å². The second-order valence-corrected chi connectivity index (χ2v) is 4.53. The normalized spacial score (nSPS) is 11.5. The molecule has 0 aromatic carbocycles. The van der Waals surface area contributed by atoms with Gasteiger partial charge < -0.3 is 15.0 Å². The molecule has 2 N–H and O–H groups in total. The highest BCUT2D eigenvalue weighted by atomic mass is 15.1. The van der Waals surface area contributed by atoms with Gasteiger partial charge in [-0.15, -0.1) is 0 Å². The molecule has 4 heteroatoms. The molecule has 2 aromatic rings. The Morgan fingerprint density at radius 2 is 2.29 bits per heavy atom. The minimum absolute atomic E-state index is 0.745. The van der Waals surface area contributed by atoms with Crippen molar-refractivity contribution in [2.24, 2.45) is 5.73 Å². The van der Waals surface area contributed by atoms with Gasteiger partial charge in [-0.25, -0.2) is 4.98 Å². The van der Waals surface area contributed by atoms with Crippen LogP contribution in [-0.4, -0.2) is 34.4 Å². The van der Waals surface area contributed by atoms with Gasteiger partial charge in [-0.2, -0.15) is 0 Å². The molecule has 2 rings (SSSR count). The van der Waals surface area contributed by atoms with Gasteiger partial charge >= 0.3 is 0 Å². The van der Waals surface area contributed by atoms with Crippen molar-refractivity contribution in [1.29, 1.82) is 0 Å². The number of pyridine rings is 1. The Morgan fingerprint density at radius 1 is 1.47 bits per heavy atom. The maximum Gasteiger partial charge on any atom is 0.139 e. The number of aromatic nitrogens is 2. The number of imidazole rings is 1. The summed E-state index contributed by atoms with van der Waals surface area (Å²) in [5.74, 6) is 0. The topological polar surface area (TPSA) is 46.6 Å². The molecule has 4 nitrogen and oxygen atoms in total. The van der Waals surface area contributed by atoms with Crippen molar-refractivity contribution in [3.63, 3.8) is 0 Å². The second-order valence-electron chi connectivity index (χ2n) is 4.53. The lowest BCUT2D eigenvalue weighted by Gasteiger charge is -2.13. The van der Waals surface area contributed by atoms with Crippen LogP contribution in [0.1, 0.15) is 17.7 Å². The summed E-state index contributed by atoms with van der Waals surface area (Å²) in [6.45, 7) is 4.73. The van der Waals surface area contributed by atoms with E-state index >= 15 is 0 Å². The minimum atomic E-state index is 0.745. The third kappa shape index (κ3) is 2.84. The van der Waals surface area contributed by atoms with Gasteiger partial charge in [-0.1, -0.05) is 6.07 Å². The summed E-state index contributed by atoms with van der Waals surface area (Å²) in [6.07, 6.45) is 5.17. The van der Waals surface area contributed by atoms with Crippen molar-refractivity contribution in [1.82, 2.24) is 14.3 Å². The van der Waals surface area contributed by atoms with Gasteiger partial charge in [0.05, 0.1) is 5.69 Å². The SMILES string of the molecule is Cc1cccn2cc(CN(C)CCCN)nc12. The van der Waals surface area contributed by atoms with Gasteiger partial charge in [0, 0.05) is 18.9 Å². The van der Waals surface area contributed by atoms with E-state index in [2.05, 4.69) is 40.5 Å². The number of nitrogens with zero attached hydrogens (tertiary/aromatic N) is 3. The fourth-order valence-corrected chi connectivity index (χ4v) is 2.00. The molecule has 0 aliphatic carbocycles. The fourth-order valence-electron chi connectivity index (χ4n) is 2.00. The zero-order valence-corrected chi connectivity index (χ0v) is 10.6. The molecule has 0 radical (unpaired) electrons. The number of nitrogens with two attached hydrogens (primary N) is 1. The smallest absolute Gasteiger partial charge is 0.139 e. The van der Waals surface area contributed by atoms with Crippen molar-refractivity contribution in [3.8, 4) is 0 Å². The number of hydrogen-bond acceptors (Lipinski definition) is 3. The molecule has 0 amide bonds. The van der Waals surface area contributed by atoms with Crippen LogP contribution in [0.4, 0.5) is 0 Å². The average Bonchev–Trinajstić information content (AvgIpc) is 2.70.